The largest absolute Gasteiger partial charge is 0.382 e. The number of nitrogens with two attached hydrogens (primary N) is 1. The number of nitro groups is 1. The summed E-state index contributed by atoms with van der Waals surface area (Å²) in [5.74, 6) is 0.252. The Balaban J connectivity index is 2.52. The molecule has 0 atom stereocenters. The standard InChI is InChI=1S/C9H7ClN4O2/c10-8-5-12-13(9(8)11)6-2-1-3-7(4-6)14(15)16/h1-5H,11H2. The van der Waals surface area contributed by atoms with Crippen molar-refractivity contribution in [2.24, 2.45) is 0 Å². The number of nitrogen functional groups attached to an aromatic ring is 1. The molecule has 0 saturated heterocycles. The third kappa shape index (κ3) is 1.70. The fraction of sp³-hybridized carbons (Fsp3) is 0. The van der Waals surface area contributed by atoms with Crippen molar-refractivity contribution in [3.8, 4) is 5.69 Å². The first-order valence-electron chi connectivity index (χ1n) is 4.33. The molecule has 0 amide bonds. The van der Waals surface area contributed by atoms with Gasteiger partial charge in [0.1, 0.15) is 10.8 Å². The number of hydrogen-bond acceptors (Lipinski definition) is 4. The van der Waals surface area contributed by atoms with E-state index in [0.29, 0.717) is 10.7 Å². The molecule has 0 fully saturated rings. The molecule has 2 aromatic rings. The van der Waals surface area contributed by atoms with Gasteiger partial charge in [-0.2, -0.15) is 5.10 Å². The second-order valence-electron chi connectivity index (χ2n) is 3.07. The van der Waals surface area contributed by atoms with Gasteiger partial charge in [0.25, 0.3) is 5.69 Å². The van der Waals surface area contributed by atoms with Gasteiger partial charge in [-0.3, -0.25) is 10.1 Å². The molecule has 0 bridgehead atoms. The average Bonchev–Trinajstić information content (AvgIpc) is 2.60. The maximum Gasteiger partial charge on any atom is 0.271 e. The van der Waals surface area contributed by atoms with Gasteiger partial charge in [0.2, 0.25) is 0 Å². The van der Waals surface area contributed by atoms with Crippen molar-refractivity contribution in [3.63, 3.8) is 0 Å². The first-order chi connectivity index (χ1) is 7.59. The summed E-state index contributed by atoms with van der Waals surface area (Å²) in [6.07, 6.45) is 1.38. The summed E-state index contributed by atoms with van der Waals surface area (Å²) in [6, 6.07) is 5.99. The topological polar surface area (TPSA) is 87.0 Å². The van der Waals surface area contributed by atoms with Crippen LogP contribution in [0.5, 0.6) is 0 Å². The van der Waals surface area contributed by atoms with Crippen LogP contribution in [-0.2, 0) is 0 Å². The highest BCUT2D eigenvalue weighted by molar-refractivity contribution is 6.32. The number of nitro benzene ring substituents is 1. The van der Waals surface area contributed by atoms with Crippen LogP contribution in [0.4, 0.5) is 11.5 Å². The van der Waals surface area contributed by atoms with Crippen LogP contribution < -0.4 is 5.73 Å². The van der Waals surface area contributed by atoms with Gasteiger partial charge in [0, 0.05) is 12.1 Å². The molecule has 0 aliphatic heterocycles. The number of benzene rings is 1. The fourth-order valence-corrected chi connectivity index (χ4v) is 1.41. The maximum atomic E-state index is 10.6. The van der Waals surface area contributed by atoms with E-state index >= 15 is 0 Å². The van der Waals surface area contributed by atoms with Crippen LogP contribution in [0.25, 0.3) is 5.69 Å². The Morgan fingerprint density at radius 3 is 2.81 bits per heavy atom. The molecule has 0 aliphatic carbocycles. The zero-order chi connectivity index (χ0) is 11.7. The summed E-state index contributed by atoms with van der Waals surface area (Å²) in [5, 5.41) is 14.8. The van der Waals surface area contributed by atoms with Crippen molar-refractivity contribution < 1.29 is 4.92 Å². The molecule has 82 valence electrons. The molecule has 0 aliphatic rings. The highest BCUT2D eigenvalue weighted by Gasteiger charge is 2.10. The third-order valence-corrected chi connectivity index (χ3v) is 2.34. The van der Waals surface area contributed by atoms with Gasteiger partial charge in [0.05, 0.1) is 16.8 Å². The molecule has 0 unspecified atom stereocenters. The molecule has 1 aromatic carbocycles. The van der Waals surface area contributed by atoms with E-state index in [1.165, 1.54) is 23.0 Å². The highest BCUT2D eigenvalue weighted by atomic mass is 35.5. The molecule has 0 saturated carbocycles. The summed E-state index contributed by atoms with van der Waals surface area (Å²) < 4.78 is 1.34. The highest BCUT2D eigenvalue weighted by Crippen LogP contribution is 2.23. The molecule has 2 N–H and O–H groups in total. The zero-order valence-corrected chi connectivity index (χ0v) is 8.76. The molecular formula is C9H7ClN4O2. The Kier molecular flexibility index (Phi) is 2.49. The van der Waals surface area contributed by atoms with E-state index in [2.05, 4.69) is 5.10 Å². The van der Waals surface area contributed by atoms with Crippen molar-refractivity contribution in [1.82, 2.24) is 9.78 Å². The predicted molar refractivity (Wildman–Crippen MR) is 59.6 cm³/mol. The lowest BCUT2D eigenvalue weighted by molar-refractivity contribution is -0.384. The number of aromatic nitrogens is 2. The number of nitrogens with zero attached hydrogens (tertiary/aromatic N) is 3. The predicted octanol–water partition coefficient (Wildman–Crippen LogP) is 2.02. The average molecular weight is 239 g/mol. The van der Waals surface area contributed by atoms with E-state index in [9.17, 15) is 10.1 Å². The summed E-state index contributed by atoms with van der Waals surface area (Å²) in [4.78, 5) is 10.1. The minimum absolute atomic E-state index is 0.0245. The van der Waals surface area contributed by atoms with Crippen molar-refractivity contribution in [3.05, 3.63) is 45.6 Å². The smallest absolute Gasteiger partial charge is 0.271 e. The van der Waals surface area contributed by atoms with Gasteiger partial charge in [-0.15, -0.1) is 0 Å². The van der Waals surface area contributed by atoms with Crippen LogP contribution in [0.1, 0.15) is 0 Å². The SMILES string of the molecule is Nc1c(Cl)cnn1-c1cccc([N+](=O)[O-])c1. The minimum Gasteiger partial charge on any atom is -0.382 e. The Hall–Kier alpha value is -2.08. The van der Waals surface area contributed by atoms with Gasteiger partial charge in [-0.1, -0.05) is 17.7 Å². The third-order valence-electron chi connectivity index (χ3n) is 2.04. The lowest BCUT2D eigenvalue weighted by Crippen LogP contribution is -2.02. The molecule has 1 aromatic heterocycles. The van der Waals surface area contributed by atoms with Crippen LogP contribution in [0.15, 0.2) is 30.5 Å². The second kappa shape index (κ2) is 3.82. The monoisotopic (exact) mass is 238 g/mol. The van der Waals surface area contributed by atoms with Gasteiger partial charge in [-0.05, 0) is 6.07 Å². The van der Waals surface area contributed by atoms with E-state index in [4.69, 9.17) is 17.3 Å². The van der Waals surface area contributed by atoms with Gasteiger partial charge in [-0.25, -0.2) is 4.68 Å². The van der Waals surface area contributed by atoms with Crippen LogP contribution in [0.3, 0.4) is 0 Å². The van der Waals surface area contributed by atoms with Crippen LogP contribution in [0, 0.1) is 10.1 Å². The first-order valence-corrected chi connectivity index (χ1v) is 4.71. The molecular weight excluding hydrogens is 232 g/mol. The second-order valence-corrected chi connectivity index (χ2v) is 3.47. The van der Waals surface area contributed by atoms with Crippen molar-refractivity contribution in [2.45, 2.75) is 0 Å². The molecule has 7 heteroatoms. The number of non-ortho nitro benzene ring substituents is 1. The Labute approximate surface area is 95.4 Å². The molecule has 6 nitrogen and oxygen atoms in total. The van der Waals surface area contributed by atoms with Crippen LogP contribution >= 0.6 is 11.6 Å². The quantitative estimate of drug-likeness (QED) is 0.640. The van der Waals surface area contributed by atoms with Crippen molar-refractivity contribution in [2.75, 3.05) is 5.73 Å². The maximum absolute atomic E-state index is 10.6. The number of rotatable bonds is 2. The number of anilines is 1. The van der Waals surface area contributed by atoms with Crippen molar-refractivity contribution >= 4 is 23.1 Å². The summed E-state index contributed by atoms with van der Waals surface area (Å²) >= 11 is 5.74. The Bertz CT molecular complexity index is 552. The van der Waals surface area contributed by atoms with Crippen LogP contribution in [-0.4, -0.2) is 14.7 Å². The molecule has 0 spiro atoms. The number of hydrogen-bond donors (Lipinski definition) is 1. The normalized spacial score (nSPS) is 10.3. The van der Waals surface area contributed by atoms with Crippen molar-refractivity contribution in [1.29, 1.82) is 0 Å². The van der Waals surface area contributed by atoms with Gasteiger partial charge < -0.3 is 5.73 Å². The zero-order valence-electron chi connectivity index (χ0n) is 8.00. The summed E-state index contributed by atoms with van der Waals surface area (Å²) in [6.45, 7) is 0. The van der Waals surface area contributed by atoms with Gasteiger partial charge in [0.15, 0.2) is 0 Å². The van der Waals surface area contributed by atoms with E-state index in [-0.39, 0.29) is 11.5 Å². The van der Waals surface area contributed by atoms with E-state index in [1.54, 1.807) is 12.1 Å². The minimum atomic E-state index is -0.481. The Morgan fingerprint density at radius 1 is 1.50 bits per heavy atom. The van der Waals surface area contributed by atoms with Gasteiger partial charge >= 0.3 is 0 Å². The molecule has 16 heavy (non-hydrogen) atoms. The number of halogens is 1. The van der Waals surface area contributed by atoms with E-state index in [0.717, 1.165) is 0 Å². The van der Waals surface area contributed by atoms with Crippen LogP contribution in [0.2, 0.25) is 5.02 Å². The molecule has 1 heterocycles. The molecule has 2 rings (SSSR count). The summed E-state index contributed by atoms with van der Waals surface area (Å²) in [7, 11) is 0. The lowest BCUT2D eigenvalue weighted by atomic mass is 10.3. The molecule has 0 radical (unpaired) electrons. The first kappa shape index (κ1) is 10.4. The summed E-state index contributed by atoms with van der Waals surface area (Å²) in [5.41, 5.74) is 6.13. The lowest BCUT2D eigenvalue weighted by Gasteiger charge is -2.03. The van der Waals surface area contributed by atoms with E-state index < -0.39 is 4.92 Å². The Morgan fingerprint density at radius 2 is 2.25 bits per heavy atom. The fourth-order valence-electron chi connectivity index (χ4n) is 1.28. The van der Waals surface area contributed by atoms with E-state index in [1.807, 2.05) is 0 Å².